The minimum Gasteiger partial charge on any atom is -0.410 e. The van der Waals surface area contributed by atoms with Crippen molar-refractivity contribution in [1.82, 2.24) is 9.55 Å². The number of benzene rings is 3. The summed E-state index contributed by atoms with van der Waals surface area (Å²) >= 11 is 0. The number of aromatic amines is 1. The van der Waals surface area contributed by atoms with Crippen LogP contribution < -0.4 is 11.2 Å². The highest BCUT2D eigenvalue weighted by Gasteiger charge is 2.45. The van der Waals surface area contributed by atoms with Gasteiger partial charge in [0.25, 0.3) is 5.56 Å². The molecule has 3 aromatic carbocycles. The van der Waals surface area contributed by atoms with E-state index in [2.05, 4.69) is 41.4 Å². The molecule has 2 heterocycles. The van der Waals surface area contributed by atoms with E-state index < -0.39 is 47.1 Å². The minimum atomic E-state index is -3.79. The molecule has 0 spiro atoms. The molecule has 1 aliphatic rings. The van der Waals surface area contributed by atoms with Gasteiger partial charge in [-0.3, -0.25) is 14.3 Å². The molecule has 5 rings (SSSR count). The highest BCUT2D eigenvalue weighted by atomic mass is 35.7. The second-order valence-corrected chi connectivity index (χ2v) is 17.8. The zero-order valence-electron chi connectivity index (χ0n) is 23.9. The predicted molar refractivity (Wildman–Crippen MR) is 170 cm³/mol. The Hall–Kier alpha value is -3.28. The summed E-state index contributed by atoms with van der Waals surface area (Å²) in [6.07, 6.45) is 0.0130. The molecule has 1 aromatic heterocycles. The number of ether oxygens (including phenoxy) is 1. The standard InChI is InChI=1S/C32H35ClN2O6SSi/c1-24-20-35(32(37)34-31(24)36)30-19-29(28(40-30)17-18-42(33,38)39)41-43(21-25-11-5-2-6-12-25,22-26-13-7-3-8-14-26)23-27-15-9-4-10-16-27/h2-16,20,28-30H,17-19,21-23H2,1H3,(H,34,36,37)/t28-,29+,30-/m1/s1. The van der Waals surface area contributed by atoms with Crippen molar-refractivity contribution in [3.8, 4) is 0 Å². The lowest BCUT2D eigenvalue weighted by Gasteiger charge is -2.36. The van der Waals surface area contributed by atoms with Gasteiger partial charge in [-0.2, -0.15) is 0 Å². The maximum Gasteiger partial charge on any atom is 0.330 e. The number of aromatic nitrogens is 2. The van der Waals surface area contributed by atoms with E-state index in [1.54, 1.807) is 6.92 Å². The lowest BCUT2D eigenvalue weighted by Crippen LogP contribution is -2.51. The van der Waals surface area contributed by atoms with Crippen LogP contribution in [-0.4, -0.2) is 44.2 Å². The van der Waals surface area contributed by atoms with Gasteiger partial charge >= 0.3 is 5.69 Å². The average Bonchev–Trinajstić information content (AvgIpc) is 3.37. The van der Waals surface area contributed by atoms with Crippen molar-refractivity contribution >= 4 is 28.1 Å². The van der Waals surface area contributed by atoms with Crippen LogP contribution in [-0.2, 0) is 36.3 Å². The summed E-state index contributed by atoms with van der Waals surface area (Å²) in [5.74, 6) is -0.296. The Balaban J connectivity index is 1.56. The van der Waals surface area contributed by atoms with Crippen LogP contribution in [0.5, 0.6) is 0 Å². The fraction of sp³-hybridized carbons (Fsp3) is 0.312. The van der Waals surface area contributed by atoms with E-state index in [4.69, 9.17) is 19.8 Å². The van der Waals surface area contributed by atoms with Gasteiger partial charge in [-0.25, -0.2) is 13.2 Å². The fourth-order valence-corrected chi connectivity index (χ4v) is 11.1. The molecule has 1 N–H and O–H groups in total. The summed E-state index contributed by atoms with van der Waals surface area (Å²) in [5, 5.41) is 0. The Morgan fingerprint density at radius 3 is 1.84 bits per heavy atom. The summed E-state index contributed by atoms with van der Waals surface area (Å²) < 4.78 is 39.0. The molecule has 0 amide bonds. The van der Waals surface area contributed by atoms with Crippen LogP contribution in [0.2, 0.25) is 0 Å². The van der Waals surface area contributed by atoms with Crippen molar-refractivity contribution in [1.29, 1.82) is 0 Å². The van der Waals surface area contributed by atoms with Gasteiger partial charge in [0.05, 0.1) is 18.0 Å². The van der Waals surface area contributed by atoms with Crippen molar-refractivity contribution in [2.75, 3.05) is 5.75 Å². The maximum atomic E-state index is 12.8. The topological polar surface area (TPSA) is 107 Å². The van der Waals surface area contributed by atoms with Gasteiger partial charge in [-0.15, -0.1) is 0 Å². The summed E-state index contributed by atoms with van der Waals surface area (Å²) in [6.45, 7) is 1.62. The van der Waals surface area contributed by atoms with Gasteiger partial charge in [-0.1, -0.05) is 91.0 Å². The third-order valence-electron chi connectivity index (χ3n) is 7.79. The van der Waals surface area contributed by atoms with Crippen molar-refractivity contribution < 1.29 is 17.6 Å². The number of hydrogen-bond acceptors (Lipinski definition) is 6. The van der Waals surface area contributed by atoms with Crippen LogP contribution in [0.4, 0.5) is 0 Å². The molecular weight excluding hydrogens is 604 g/mol. The maximum absolute atomic E-state index is 12.8. The van der Waals surface area contributed by atoms with Gasteiger partial charge in [-0.05, 0) is 48.2 Å². The molecule has 0 unspecified atom stereocenters. The Morgan fingerprint density at radius 2 is 1.37 bits per heavy atom. The van der Waals surface area contributed by atoms with Gasteiger partial charge in [0, 0.05) is 28.9 Å². The third-order valence-corrected chi connectivity index (χ3v) is 12.9. The molecular formula is C32H35ClN2O6SSi. The molecule has 1 fully saturated rings. The molecule has 0 radical (unpaired) electrons. The number of nitrogens with one attached hydrogen (secondary N) is 1. The zero-order chi connectivity index (χ0) is 30.5. The number of H-pyrrole nitrogens is 1. The molecule has 3 atom stereocenters. The normalized spacial score (nSPS) is 19.0. The van der Waals surface area contributed by atoms with Crippen LogP contribution in [0.15, 0.2) is 107 Å². The van der Waals surface area contributed by atoms with Crippen LogP contribution in [0.1, 0.15) is 41.3 Å². The largest absolute Gasteiger partial charge is 0.410 e. The highest BCUT2D eigenvalue weighted by Crippen LogP contribution is 2.36. The summed E-state index contributed by atoms with van der Waals surface area (Å²) in [4.78, 5) is 27.2. The lowest BCUT2D eigenvalue weighted by atomic mass is 10.1. The van der Waals surface area contributed by atoms with E-state index in [1.807, 2.05) is 54.6 Å². The first-order valence-electron chi connectivity index (χ1n) is 14.3. The summed E-state index contributed by atoms with van der Waals surface area (Å²) in [6, 6.07) is 32.9. The number of hydrogen-bond donors (Lipinski definition) is 1. The number of aryl methyl sites for hydroxylation is 1. The van der Waals surface area contributed by atoms with E-state index in [0.717, 1.165) is 34.8 Å². The molecule has 1 saturated heterocycles. The molecule has 8 nitrogen and oxygen atoms in total. The molecule has 1 aliphatic heterocycles. The molecule has 226 valence electrons. The average molecular weight is 639 g/mol. The molecule has 0 bridgehead atoms. The molecule has 43 heavy (non-hydrogen) atoms. The summed E-state index contributed by atoms with van der Waals surface area (Å²) in [5.41, 5.74) is 2.79. The van der Waals surface area contributed by atoms with Crippen LogP contribution in [0, 0.1) is 6.92 Å². The Labute approximate surface area is 256 Å². The van der Waals surface area contributed by atoms with E-state index in [1.165, 1.54) is 10.8 Å². The second kappa shape index (κ2) is 13.6. The quantitative estimate of drug-likeness (QED) is 0.177. The van der Waals surface area contributed by atoms with Gasteiger partial charge in [0.15, 0.2) is 0 Å². The third kappa shape index (κ3) is 8.42. The van der Waals surface area contributed by atoms with Crippen molar-refractivity contribution in [3.63, 3.8) is 0 Å². The van der Waals surface area contributed by atoms with Crippen molar-refractivity contribution in [2.45, 2.75) is 56.3 Å². The van der Waals surface area contributed by atoms with Crippen molar-refractivity contribution in [3.05, 3.63) is 140 Å². The molecule has 11 heteroatoms. The molecule has 0 saturated carbocycles. The van der Waals surface area contributed by atoms with Crippen LogP contribution >= 0.6 is 10.7 Å². The second-order valence-electron chi connectivity index (χ2n) is 11.2. The van der Waals surface area contributed by atoms with E-state index >= 15 is 0 Å². The van der Waals surface area contributed by atoms with Crippen LogP contribution in [0.3, 0.4) is 0 Å². The lowest BCUT2D eigenvalue weighted by molar-refractivity contribution is -0.0193. The van der Waals surface area contributed by atoms with E-state index in [-0.39, 0.29) is 12.2 Å². The smallest absolute Gasteiger partial charge is 0.330 e. The van der Waals surface area contributed by atoms with Gasteiger partial charge in [0.1, 0.15) is 6.23 Å². The number of nitrogens with zero attached hydrogens (tertiary/aromatic N) is 1. The zero-order valence-corrected chi connectivity index (χ0v) is 26.5. The monoisotopic (exact) mass is 638 g/mol. The van der Waals surface area contributed by atoms with Crippen LogP contribution in [0.25, 0.3) is 0 Å². The Morgan fingerprint density at radius 1 is 0.884 bits per heavy atom. The van der Waals surface area contributed by atoms with E-state index in [9.17, 15) is 18.0 Å². The first-order chi connectivity index (χ1) is 20.6. The number of rotatable bonds is 12. The first-order valence-corrected chi connectivity index (χ1v) is 19.3. The highest BCUT2D eigenvalue weighted by molar-refractivity contribution is 8.13. The van der Waals surface area contributed by atoms with E-state index in [0.29, 0.717) is 12.0 Å². The van der Waals surface area contributed by atoms with Gasteiger partial charge in [0.2, 0.25) is 17.4 Å². The summed E-state index contributed by atoms with van der Waals surface area (Å²) in [7, 11) is -0.946. The SMILES string of the molecule is Cc1cn([C@H]2C[C@H](O[Si](Cc3ccccc3)(Cc3ccccc3)Cc3ccccc3)[C@@H](CCS(=O)(=O)Cl)O2)c(=O)[nH]c1=O. The van der Waals surface area contributed by atoms with Gasteiger partial charge < -0.3 is 9.16 Å². The minimum absolute atomic E-state index is 0.108. The fourth-order valence-electron chi connectivity index (χ4n) is 5.85. The predicted octanol–water partition coefficient (Wildman–Crippen LogP) is 4.77. The molecule has 0 aliphatic carbocycles. The van der Waals surface area contributed by atoms with Crippen molar-refractivity contribution in [2.24, 2.45) is 0 Å². The first kappa shape index (κ1) is 31.2. The number of halogens is 1. The Bertz CT molecular complexity index is 1630. The molecule has 4 aromatic rings. The Kier molecular flexibility index (Phi) is 9.83.